The Hall–Kier alpha value is -0.370. The minimum Gasteiger partial charge on any atom is -0.354 e. The summed E-state index contributed by atoms with van der Waals surface area (Å²) in [6.07, 6.45) is 3.80. The number of rotatable bonds is 5. The Bertz CT molecular complexity index is 438. The van der Waals surface area contributed by atoms with Crippen LogP contribution in [0.3, 0.4) is 0 Å². The van der Waals surface area contributed by atoms with Crippen LogP contribution in [0.15, 0.2) is 0 Å². The first-order valence-corrected chi connectivity index (χ1v) is 9.12. The molecule has 2 fully saturated rings. The normalized spacial score (nSPS) is 27.1. The van der Waals surface area contributed by atoms with Crippen LogP contribution >= 0.6 is 12.4 Å². The number of amides is 1. The van der Waals surface area contributed by atoms with Crippen LogP contribution in [0.25, 0.3) is 0 Å². The van der Waals surface area contributed by atoms with Crippen molar-refractivity contribution in [1.29, 1.82) is 0 Å². The van der Waals surface area contributed by atoms with Crippen molar-refractivity contribution in [3.05, 3.63) is 0 Å². The van der Waals surface area contributed by atoms with Crippen molar-refractivity contribution >= 4 is 28.3 Å². The standard InChI is InChI=1S/C13H25N3O3S.ClH/c1-2-20(18,19)16-8-4-5-11(10-16)9-15-13(17)12-6-3-7-14-12;/h11-12,14H,2-10H2,1H3,(H,15,17);1H. The summed E-state index contributed by atoms with van der Waals surface area (Å²) in [5.41, 5.74) is 0. The Morgan fingerprint density at radius 2 is 2.10 bits per heavy atom. The molecular weight excluding hydrogens is 314 g/mol. The van der Waals surface area contributed by atoms with Crippen molar-refractivity contribution in [2.75, 3.05) is 31.9 Å². The second kappa shape index (κ2) is 8.31. The third kappa shape index (κ3) is 5.09. The van der Waals surface area contributed by atoms with Crippen molar-refractivity contribution < 1.29 is 13.2 Å². The lowest BCUT2D eigenvalue weighted by atomic mass is 9.99. The topological polar surface area (TPSA) is 78.5 Å². The van der Waals surface area contributed by atoms with E-state index in [-0.39, 0.29) is 36.0 Å². The molecule has 0 radical (unpaired) electrons. The SMILES string of the molecule is CCS(=O)(=O)N1CCCC(CNC(=O)C2CCCN2)C1.Cl. The Balaban J connectivity index is 0.00000220. The van der Waals surface area contributed by atoms with Crippen LogP contribution in [0, 0.1) is 5.92 Å². The molecule has 0 saturated carbocycles. The summed E-state index contributed by atoms with van der Waals surface area (Å²) in [4.78, 5) is 11.9. The van der Waals surface area contributed by atoms with Gasteiger partial charge in [0.2, 0.25) is 15.9 Å². The molecule has 21 heavy (non-hydrogen) atoms. The van der Waals surface area contributed by atoms with Crippen molar-refractivity contribution in [3.8, 4) is 0 Å². The number of piperidine rings is 1. The first-order valence-electron chi connectivity index (χ1n) is 7.52. The molecule has 0 aromatic carbocycles. The lowest BCUT2D eigenvalue weighted by Crippen LogP contribution is -2.47. The number of nitrogens with zero attached hydrogens (tertiary/aromatic N) is 1. The van der Waals surface area contributed by atoms with Crippen molar-refractivity contribution in [2.45, 2.75) is 38.6 Å². The third-order valence-electron chi connectivity index (χ3n) is 4.18. The summed E-state index contributed by atoms with van der Waals surface area (Å²) in [5, 5.41) is 6.13. The van der Waals surface area contributed by atoms with E-state index in [1.165, 1.54) is 0 Å². The lowest BCUT2D eigenvalue weighted by molar-refractivity contribution is -0.123. The maximum atomic E-state index is 11.9. The first kappa shape index (κ1) is 18.7. The molecule has 0 aliphatic carbocycles. The molecule has 0 aromatic heterocycles. The van der Waals surface area contributed by atoms with E-state index in [0.29, 0.717) is 19.6 Å². The zero-order valence-corrected chi connectivity index (χ0v) is 14.1. The Kier molecular flexibility index (Phi) is 7.39. The molecule has 2 aliphatic rings. The van der Waals surface area contributed by atoms with E-state index in [0.717, 1.165) is 32.2 Å². The van der Waals surface area contributed by atoms with E-state index in [1.54, 1.807) is 11.2 Å². The van der Waals surface area contributed by atoms with Crippen molar-refractivity contribution in [2.24, 2.45) is 5.92 Å². The second-order valence-corrected chi connectivity index (χ2v) is 7.92. The summed E-state index contributed by atoms with van der Waals surface area (Å²) < 4.78 is 25.3. The monoisotopic (exact) mass is 339 g/mol. The highest BCUT2D eigenvalue weighted by Crippen LogP contribution is 2.19. The van der Waals surface area contributed by atoms with E-state index < -0.39 is 10.0 Å². The Labute approximate surface area is 133 Å². The van der Waals surface area contributed by atoms with E-state index in [4.69, 9.17) is 0 Å². The van der Waals surface area contributed by atoms with E-state index in [9.17, 15) is 13.2 Å². The molecular formula is C13H26ClN3O3S. The number of hydrogen-bond acceptors (Lipinski definition) is 4. The highest BCUT2D eigenvalue weighted by atomic mass is 35.5. The average molecular weight is 340 g/mol. The maximum Gasteiger partial charge on any atom is 0.237 e. The first-order chi connectivity index (χ1) is 9.53. The number of hydrogen-bond donors (Lipinski definition) is 2. The van der Waals surface area contributed by atoms with Crippen LogP contribution in [0.2, 0.25) is 0 Å². The van der Waals surface area contributed by atoms with Gasteiger partial charge in [-0.2, -0.15) is 0 Å². The molecule has 0 aromatic rings. The Morgan fingerprint density at radius 3 is 2.71 bits per heavy atom. The van der Waals surface area contributed by atoms with Gasteiger partial charge < -0.3 is 10.6 Å². The van der Waals surface area contributed by atoms with Gasteiger partial charge in [-0.15, -0.1) is 12.4 Å². The van der Waals surface area contributed by atoms with E-state index in [2.05, 4.69) is 10.6 Å². The van der Waals surface area contributed by atoms with Gasteiger partial charge in [0.25, 0.3) is 0 Å². The molecule has 6 nitrogen and oxygen atoms in total. The van der Waals surface area contributed by atoms with Gasteiger partial charge in [0.1, 0.15) is 0 Å². The minimum atomic E-state index is -3.10. The smallest absolute Gasteiger partial charge is 0.237 e. The molecule has 8 heteroatoms. The van der Waals surface area contributed by atoms with E-state index >= 15 is 0 Å². The molecule has 2 saturated heterocycles. The molecule has 2 unspecified atom stereocenters. The molecule has 2 N–H and O–H groups in total. The molecule has 124 valence electrons. The third-order valence-corrected chi connectivity index (χ3v) is 6.03. The molecule has 0 bridgehead atoms. The molecule has 1 amide bonds. The lowest BCUT2D eigenvalue weighted by Gasteiger charge is -2.31. The molecule has 0 spiro atoms. The number of nitrogens with one attached hydrogen (secondary N) is 2. The van der Waals surface area contributed by atoms with Gasteiger partial charge in [-0.3, -0.25) is 4.79 Å². The quantitative estimate of drug-likeness (QED) is 0.757. The number of halogens is 1. The molecule has 2 atom stereocenters. The van der Waals surface area contributed by atoms with Crippen LogP contribution in [0.5, 0.6) is 0 Å². The van der Waals surface area contributed by atoms with Gasteiger partial charge in [0.15, 0.2) is 0 Å². The zero-order chi connectivity index (χ0) is 14.6. The summed E-state index contributed by atoms with van der Waals surface area (Å²) >= 11 is 0. The predicted molar refractivity (Wildman–Crippen MR) is 85.0 cm³/mol. The number of carbonyl (C=O) groups is 1. The fourth-order valence-electron chi connectivity index (χ4n) is 2.91. The highest BCUT2D eigenvalue weighted by molar-refractivity contribution is 7.89. The number of carbonyl (C=O) groups excluding carboxylic acids is 1. The fraction of sp³-hybridized carbons (Fsp3) is 0.923. The van der Waals surface area contributed by atoms with Crippen molar-refractivity contribution in [3.63, 3.8) is 0 Å². The van der Waals surface area contributed by atoms with Gasteiger partial charge in [-0.25, -0.2) is 12.7 Å². The average Bonchev–Trinajstić information content (AvgIpc) is 2.99. The summed E-state index contributed by atoms with van der Waals surface area (Å²) in [7, 11) is -3.10. The minimum absolute atomic E-state index is 0. The van der Waals surface area contributed by atoms with Gasteiger partial charge in [0, 0.05) is 19.6 Å². The Morgan fingerprint density at radius 1 is 1.33 bits per heavy atom. The maximum absolute atomic E-state index is 11.9. The van der Waals surface area contributed by atoms with Gasteiger partial charge in [0.05, 0.1) is 11.8 Å². The van der Waals surface area contributed by atoms with Crippen molar-refractivity contribution in [1.82, 2.24) is 14.9 Å². The second-order valence-electron chi connectivity index (χ2n) is 5.66. The van der Waals surface area contributed by atoms with Gasteiger partial charge in [-0.1, -0.05) is 0 Å². The number of sulfonamides is 1. The fourth-order valence-corrected chi connectivity index (χ4v) is 4.12. The van der Waals surface area contributed by atoms with Crippen LogP contribution in [-0.4, -0.2) is 56.6 Å². The van der Waals surface area contributed by atoms with Gasteiger partial charge in [-0.05, 0) is 45.1 Å². The van der Waals surface area contributed by atoms with Crippen LogP contribution in [0.1, 0.15) is 32.6 Å². The van der Waals surface area contributed by atoms with E-state index in [1.807, 2.05) is 0 Å². The molecule has 2 rings (SSSR count). The predicted octanol–water partition coefficient (Wildman–Crippen LogP) is 0.338. The highest BCUT2D eigenvalue weighted by Gasteiger charge is 2.28. The largest absolute Gasteiger partial charge is 0.354 e. The molecule has 2 aliphatic heterocycles. The summed E-state index contributed by atoms with van der Waals surface area (Å²) in [5.74, 6) is 0.436. The van der Waals surface area contributed by atoms with Crippen LogP contribution < -0.4 is 10.6 Å². The summed E-state index contributed by atoms with van der Waals surface area (Å²) in [6.45, 7) is 4.31. The zero-order valence-electron chi connectivity index (χ0n) is 12.5. The van der Waals surface area contributed by atoms with Gasteiger partial charge >= 0.3 is 0 Å². The summed E-state index contributed by atoms with van der Waals surface area (Å²) in [6, 6.07) is -0.0610. The molecule has 2 heterocycles. The van der Waals surface area contributed by atoms with Crippen LogP contribution in [0.4, 0.5) is 0 Å². The van der Waals surface area contributed by atoms with Crippen LogP contribution in [-0.2, 0) is 14.8 Å².